The maximum absolute atomic E-state index is 12.9. The predicted octanol–water partition coefficient (Wildman–Crippen LogP) is 3.06. The average molecular weight is 394 g/mol. The van der Waals surface area contributed by atoms with Crippen LogP contribution in [-0.2, 0) is 11.3 Å². The van der Waals surface area contributed by atoms with Crippen LogP contribution < -0.4 is 0 Å². The lowest BCUT2D eigenvalue weighted by molar-refractivity contribution is -0.151. The van der Waals surface area contributed by atoms with E-state index in [0.29, 0.717) is 18.3 Å². The summed E-state index contributed by atoms with van der Waals surface area (Å²) < 4.78 is 0. The second-order valence-corrected chi connectivity index (χ2v) is 9.61. The minimum absolute atomic E-state index is 0.0107. The van der Waals surface area contributed by atoms with Gasteiger partial charge in [0.1, 0.15) is 0 Å². The lowest BCUT2D eigenvalue weighted by atomic mass is 9.80. The molecule has 1 saturated carbocycles. The van der Waals surface area contributed by atoms with Gasteiger partial charge in [-0.3, -0.25) is 14.7 Å². The molecule has 4 atom stereocenters. The number of rotatable bonds is 5. The molecule has 0 bridgehead atoms. The van der Waals surface area contributed by atoms with Crippen molar-refractivity contribution in [2.75, 3.05) is 19.7 Å². The van der Waals surface area contributed by atoms with Gasteiger partial charge in [0.2, 0.25) is 5.91 Å². The quantitative estimate of drug-likeness (QED) is 0.848. The highest BCUT2D eigenvalue weighted by Crippen LogP contribution is 2.61. The molecule has 5 heteroatoms. The van der Waals surface area contributed by atoms with Gasteiger partial charge in [-0.2, -0.15) is 0 Å². The third-order valence-corrected chi connectivity index (χ3v) is 7.57. The van der Waals surface area contributed by atoms with E-state index in [2.05, 4.69) is 52.9 Å². The number of aliphatic hydroxyl groups excluding tert-OH is 1. The van der Waals surface area contributed by atoms with Crippen LogP contribution in [0.1, 0.15) is 38.7 Å². The van der Waals surface area contributed by atoms with Gasteiger partial charge in [-0.1, -0.05) is 26.0 Å². The normalized spacial score (nSPS) is 30.3. The van der Waals surface area contributed by atoms with Crippen molar-refractivity contribution >= 4 is 16.8 Å². The van der Waals surface area contributed by atoms with Gasteiger partial charge in [0.15, 0.2) is 0 Å². The number of piperidine rings is 2. The number of nitrogens with zero attached hydrogens (tertiary/aromatic N) is 3. The Bertz CT molecular complexity index is 929. The van der Waals surface area contributed by atoms with Crippen molar-refractivity contribution in [1.29, 1.82) is 0 Å². The lowest BCUT2D eigenvalue weighted by Crippen LogP contribution is -2.62. The van der Waals surface area contributed by atoms with Crippen LogP contribution >= 0.6 is 0 Å². The van der Waals surface area contributed by atoms with Crippen LogP contribution in [-0.4, -0.2) is 57.1 Å². The summed E-state index contributed by atoms with van der Waals surface area (Å²) in [6.45, 7) is 7.35. The van der Waals surface area contributed by atoms with Crippen LogP contribution in [0.15, 0.2) is 36.5 Å². The van der Waals surface area contributed by atoms with E-state index in [1.165, 1.54) is 10.9 Å². The standard InChI is InChI=1S/C24H31N3O2/c1-16(2)22(15-28)27-23(29)8-6-19-13-26(14-20-11-24(19,20)27)12-17-5-7-21-18(10-17)4-3-9-25-21/h3-5,7,9-10,16,19-20,22,28H,6,8,11-15H2,1-2H3/t19-,20?,22-,24?/m1/s1. The van der Waals surface area contributed by atoms with Gasteiger partial charge in [0.25, 0.3) is 0 Å². The number of pyridine rings is 1. The molecule has 1 amide bonds. The molecule has 1 aromatic carbocycles. The van der Waals surface area contributed by atoms with Crippen LogP contribution in [0.5, 0.6) is 0 Å². The number of aromatic nitrogens is 1. The van der Waals surface area contributed by atoms with Gasteiger partial charge in [-0.25, -0.2) is 0 Å². The van der Waals surface area contributed by atoms with Crippen molar-refractivity contribution in [1.82, 2.24) is 14.8 Å². The number of benzene rings is 1. The van der Waals surface area contributed by atoms with Crippen LogP contribution in [0.25, 0.3) is 10.9 Å². The van der Waals surface area contributed by atoms with Gasteiger partial charge in [0.05, 0.1) is 23.7 Å². The van der Waals surface area contributed by atoms with Crippen molar-refractivity contribution in [3.05, 3.63) is 42.1 Å². The summed E-state index contributed by atoms with van der Waals surface area (Å²) in [7, 11) is 0. The molecule has 2 saturated heterocycles. The molecule has 5 nitrogen and oxygen atoms in total. The fraction of sp³-hybridized carbons (Fsp3) is 0.583. The molecule has 2 unspecified atom stereocenters. The van der Waals surface area contributed by atoms with E-state index in [9.17, 15) is 9.90 Å². The van der Waals surface area contributed by atoms with E-state index in [0.717, 1.165) is 38.0 Å². The summed E-state index contributed by atoms with van der Waals surface area (Å²) in [6.07, 6.45) is 4.55. The van der Waals surface area contributed by atoms with Gasteiger partial charge in [-0.15, -0.1) is 0 Å². The zero-order valence-electron chi connectivity index (χ0n) is 17.4. The first-order valence-corrected chi connectivity index (χ1v) is 11.0. The number of carbonyl (C=O) groups excluding carboxylic acids is 1. The monoisotopic (exact) mass is 393 g/mol. The molecule has 1 aromatic heterocycles. The molecule has 0 radical (unpaired) electrons. The Morgan fingerprint density at radius 1 is 1.24 bits per heavy atom. The maximum atomic E-state index is 12.9. The number of hydrogen-bond donors (Lipinski definition) is 1. The Morgan fingerprint density at radius 2 is 2.07 bits per heavy atom. The van der Waals surface area contributed by atoms with E-state index >= 15 is 0 Å². The highest BCUT2D eigenvalue weighted by Gasteiger charge is 2.68. The molecule has 5 rings (SSSR count). The molecule has 2 aromatic rings. The topological polar surface area (TPSA) is 56.7 Å². The fourth-order valence-electron chi connectivity index (χ4n) is 6.09. The van der Waals surface area contributed by atoms with E-state index in [4.69, 9.17) is 0 Å². The molecule has 154 valence electrons. The molecular weight excluding hydrogens is 362 g/mol. The van der Waals surface area contributed by atoms with Gasteiger partial charge in [0, 0.05) is 37.6 Å². The lowest BCUT2D eigenvalue weighted by Gasteiger charge is -2.51. The molecule has 29 heavy (non-hydrogen) atoms. The van der Waals surface area contributed by atoms with Crippen LogP contribution in [0.3, 0.4) is 0 Å². The summed E-state index contributed by atoms with van der Waals surface area (Å²) >= 11 is 0. The SMILES string of the molecule is CC(C)[C@@H](CO)N1C(=O)CC[C@@H]2CN(Cc3ccc4ncccc4c3)CC3CC321. The minimum atomic E-state index is -0.0464. The van der Waals surface area contributed by atoms with Crippen molar-refractivity contribution in [3.63, 3.8) is 0 Å². The molecule has 3 heterocycles. The van der Waals surface area contributed by atoms with E-state index in [1.807, 2.05) is 12.3 Å². The number of carbonyl (C=O) groups is 1. The smallest absolute Gasteiger partial charge is 0.223 e. The Morgan fingerprint density at radius 3 is 2.86 bits per heavy atom. The van der Waals surface area contributed by atoms with E-state index in [1.54, 1.807) is 0 Å². The first-order valence-electron chi connectivity index (χ1n) is 11.0. The van der Waals surface area contributed by atoms with Crippen molar-refractivity contribution in [3.8, 4) is 0 Å². The Balaban J connectivity index is 1.35. The van der Waals surface area contributed by atoms with E-state index in [-0.39, 0.29) is 30.0 Å². The molecule has 1 aliphatic carbocycles. The zero-order chi connectivity index (χ0) is 20.2. The number of likely N-dealkylation sites (tertiary alicyclic amines) is 2. The summed E-state index contributed by atoms with van der Waals surface area (Å²) in [5.74, 6) is 1.60. The Labute approximate surface area is 172 Å². The summed E-state index contributed by atoms with van der Waals surface area (Å²) in [4.78, 5) is 22.0. The number of hydrogen-bond acceptors (Lipinski definition) is 4. The third-order valence-electron chi connectivity index (χ3n) is 7.57. The molecule has 3 aliphatic rings. The number of fused-ring (bicyclic) bond motifs is 1. The Kier molecular flexibility index (Phi) is 4.63. The van der Waals surface area contributed by atoms with Gasteiger partial charge >= 0.3 is 0 Å². The van der Waals surface area contributed by atoms with Gasteiger partial charge < -0.3 is 10.0 Å². The average Bonchev–Trinajstić information content (AvgIpc) is 3.43. The van der Waals surface area contributed by atoms with Gasteiger partial charge in [-0.05, 0) is 54.4 Å². The summed E-state index contributed by atoms with van der Waals surface area (Å²) in [5.41, 5.74) is 2.38. The molecule has 2 aliphatic heterocycles. The van der Waals surface area contributed by atoms with Crippen molar-refractivity contribution in [2.45, 2.75) is 51.2 Å². The first-order chi connectivity index (χ1) is 14.0. The van der Waals surface area contributed by atoms with Crippen LogP contribution in [0.2, 0.25) is 0 Å². The zero-order valence-corrected chi connectivity index (χ0v) is 17.4. The molecule has 3 fully saturated rings. The third kappa shape index (κ3) is 3.06. The van der Waals surface area contributed by atoms with Crippen LogP contribution in [0.4, 0.5) is 0 Å². The van der Waals surface area contributed by atoms with E-state index < -0.39 is 0 Å². The number of aliphatic hydroxyl groups is 1. The highest BCUT2D eigenvalue weighted by atomic mass is 16.3. The predicted molar refractivity (Wildman–Crippen MR) is 113 cm³/mol. The molecular formula is C24H31N3O2. The fourth-order valence-corrected chi connectivity index (χ4v) is 6.09. The second-order valence-electron chi connectivity index (χ2n) is 9.61. The minimum Gasteiger partial charge on any atom is -0.394 e. The first kappa shape index (κ1) is 19.0. The maximum Gasteiger partial charge on any atom is 0.223 e. The summed E-state index contributed by atoms with van der Waals surface area (Å²) in [6, 6.07) is 10.6. The largest absolute Gasteiger partial charge is 0.394 e. The highest BCUT2D eigenvalue weighted by molar-refractivity contribution is 5.80. The van der Waals surface area contributed by atoms with Crippen molar-refractivity contribution in [2.24, 2.45) is 17.8 Å². The second kappa shape index (κ2) is 7.06. The summed E-state index contributed by atoms with van der Waals surface area (Å²) in [5, 5.41) is 11.2. The van der Waals surface area contributed by atoms with Crippen LogP contribution in [0, 0.1) is 17.8 Å². The Hall–Kier alpha value is -1.98. The van der Waals surface area contributed by atoms with Crippen molar-refractivity contribution < 1.29 is 9.90 Å². The number of amides is 1. The molecule has 1 N–H and O–H groups in total. The molecule has 1 spiro atoms.